The first-order valence-corrected chi connectivity index (χ1v) is 12.1. The van der Waals surface area contributed by atoms with Crippen LogP contribution in [0.1, 0.15) is 12.0 Å². The van der Waals surface area contributed by atoms with Gasteiger partial charge >= 0.3 is 0 Å². The van der Waals surface area contributed by atoms with Crippen LogP contribution in [0.2, 0.25) is 0 Å². The lowest BCUT2D eigenvalue weighted by Gasteiger charge is -2.26. The Labute approximate surface area is 217 Å². The van der Waals surface area contributed by atoms with Gasteiger partial charge in [-0.1, -0.05) is 18.2 Å². The van der Waals surface area contributed by atoms with Gasteiger partial charge in [-0.05, 0) is 49.4 Å². The van der Waals surface area contributed by atoms with E-state index in [1.807, 2.05) is 65.5 Å². The van der Waals surface area contributed by atoms with E-state index in [-0.39, 0.29) is 18.3 Å². The largest absolute Gasteiger partial charge is 0.486 e. The van der Waals surface area contributed by atoms with Gasteiger partial charge in [0.2, 0.25) is 5.91 Å². The Morgan fingerprint density at radius 1 is 1.00 bits per heavy atom. The van der Waals surface area contributed by atoms with Crippen LogP contribution >= 0.6 is 12.4 Å². The molecule has 190 valence electrons. The highest BCUT2D eigenvalue weighted by Crippen LogP contribution is 2.35. The number of halogens is 1. The normalized spacial score (nSPS) is 15.4. The molecule has 1 fully saturated rings. The van der Waals surface area contributed by atoms with E-state index in [1.165, 1.54) is 0 Å². The van der Waals surface area contributed by atoms with E-state index in [2.05, 4.69) is 10.2 Å². The molecule has 2 aromatic carbocycles. The van der Waals surface area contributed by atoms with Crippen LogP contribution in [0.4, 0.5) is 0 Å². The van der Waals surface area contributed by atoms with Crippen LogP contribution in [0.5, 0.6) is 11.5 Å². The molecule has 1 N–H and O–H groups in total. The number of carbonyl (C=O) groups excluding carboxylic acids is 1. The molecular formula is C27H31ClN4O4. The summed E-state index contributed by atoms with van der Waals surface area (Å²) >= 11 is 0. The molecule has 1 aromatic heterocycles. The van der Waals surface area contributed by atoms with Gasteiger partial charge in [-0.15, -0.1) is 12.4 Å². The van der Waals surface area contributed by atoms with Gasteiger partial charge in [0.15, 0.2) is 11.5 Å². The molecular weight excluding hydrogens is 480 g/mol. The Balaban J connectivity index is 0.00000304. The molecule has 0 saturated carbocycles. The van der Waals surface area contributed by atoms with Gasteiger partial charge in [-0.2, -0.15) is 5.10 Å². The van der Waals surface area contributed by atoms with Crippen molar-refractivity contribution in [1.82, 2.24) is 20.0 Å². The average molecular weight is 511 g/mol. The Hall–Kier alpha value is -3.33. The molecule has 0 bridgehead atoms. The molecule has 0 atom stereocenters. The van der Waals surface area contributed by atoms with Crippen LogP contribution in [0, 0.1) is 0 Å². The Kier molecular flexibility index (Phi) is 9.00. The minimum atomic E-state index is -0.118. The van der Waals surface area contributed by atoms with Crippen molar-refractivity contribution in [3.8, 4) is 28.4 Å². The van der Waals surface area contributed by atoms with Crippen LogP contribution in [0.15, 0.2) is 60.8 Å². The van der Waals surface area contributed by atoms with Crippen LogP contribution in [-0.4, -0.2) is 73.2 Å². The Bertz CT molecular complexity index is 1180. The van der Waals surface area contributed by atoms with E-state index in [0.29, 0.717) is 25.5 Å². The van der Waals surface area contributed by atoms with E-state index in [0.717, 1.165) is 67.5 Å². The van der Waals surface area contributed by atoms with Crippen molar-refractivity contribution in [2.24, 2.45) is 0 Å². The number of ether oxygens (including phenoxy) is 3. The number of aromatic nitrogens is 2. The SMILES string of the molecule is Cl.O=C(C=Cc1cn(-c2ccccc2)nc1-c1ccc2c(c1)OCCO2)NCCCN1CCOCC1. The van der Waals surface area contributed by atoms with Gasteiger partial charge in [0.1, 0.15) is 18.9 Å². The second kappa shape index (κ2) is 12.6. The molecule has 1 saturated heterocycles. The number of morpholine rings is 1. The van der Waals surface area contributed by atoms with Gasteiger partial charge in [0, 0.05) is 43.0 Å². The molecule has 0 unspecified atom stereocenters. The van der Waals surface area contributed by atoms with Gasteiger partial charge < -0.3 is 19.5 Å². The van der Waals surface area contributed by atoms with E-state index < -0.39 is 0 Å². The number of benzene rings is 2. The predicted molar refractivity (Wildman–Crippen MR) is 141 cm³/mol. The molecule has 0 spiro atoms. The maximum Gasteiger partial charge on any atom is 0.244 e. The predicted octanol–water partition coefficient (Wildman–Crippen LogP) is 3.58. The molecule has 0 aliphatic carbocycles. The number of hydrogen-bond acceptors (Lipinski definition) is 6. The fourth-order valence-corrected chi connectivity index (χ4v) is 4.20. The molecule has 1 amide bonds. The zero-order valence-corrected chi connectivity index (χ0v) is 20.9. The number of carbonyl (C=O) groups is 1. The fraction of sp³-hybridized carbons (Fsp3) is 0.333. The number of amides is 1. The third kappa shape index (κ3) is 6.46. The average Bonchev–Trinajstić information content (AvgIpc) is 3.35. The third-order valence-electron chi connectivity index (χ3n) is 6.05. The van der Waals surface area contributed by atoms with Crippen molar-refractivity contribution in [2.75, 3.05) is 52.6 Å². The maximum absolute atomic E-state index is 12.5. The molecule has 0 radical (unpaired) electrons. The highest BCUT2D eigenvalue weighted by molar-refractivity contribution is 5.92. The standard InChI is InChI=1S/C27H30N4O4.ClH/c32-26(28-11-4-12-30-13-15-33-16-14-30)10-8-22-20-31(23-5-2-1-3-6-23)29-27(22)21-7-9-24-25(19-21)35-18-17-34-24;/h1-3,5-10,19-20H,4,11-18H2,(H,28,32);1H. The highest BCUT2D eigenvalue weighted by atomic mass is 35.5. The molecule has 8 nitrogen and oxygen atoms in total. The number of para-hydroxylation sites is 1. The second-order valence-electron chi connectivity index (χ2n) is 8.50. The third-order valence-corrected chi connectivity index (χ3v) is 6.05. The molecule has 3 aromatic rings. The topological polar surface area (TPSA) is 77.9 Å². The lowest BCUT2D eigenvalue weighted by atomic mass is 10.1. The van der Waals surface area contributed by atoms with Crippen molar-refractivity contribution in [2.45, 2.75) is 6.42 Å². The number of rotatable bonds is 8. The smallest absolute Gasteiger partial charge is 0.244 e. The highest BCUT2D eigenvalue weighted by Gasteiger charge is 2.16. The van der Waals surface area contributed by atoms with Gasteiger partial charge in [0.05, 0.1) is 18.9 Å². The maximum atomic E-state index is 12.5. The van der Waals surface area contributed by atoms with Crippen molar-refractivity contribution >= 4 is 24.4 Å². The number of nitrogens with zero attached hydrogens (tertiary/aromatic N) is 3. The van der Waals surface area contributed by atoms with Crippen molar-refractivity contribution in [3.63, 3.8) is 0 Å². The summed E-state index contributed by atoms with van der Waals surface area (Å²) in [6, 6.07) is 15.7. The second-order valence-corrected chi connectivity index (χ2v) is 8.50. The monoisotopic (exact) mass is 510 g/mol. The van der Waals surface area contributed by atoms with E-state index >= 15 is 0 Å². The molecule has 2 aliphatic heterocycles. The molecule has 2 aliphatic rings. The van der Waals surface area contributed by atoms with E-state index in [9.17, 15) is 4.79 Å². The molecule has 5 rings (SSSR count). The minimum Gasteiger partial charge on any atom is -0.486 e. The van der Waals surface area contributed by atoms with Crippen LogP contribution in [-0.2, 0) is 9.53 Å². The summed E-state index contributed by atoms with van der Waals surface area (Å²) in [6.07, 6.45) is 6.23. The first kappa shape index (κ1) is 25.8. The lowest BCUT2D eigenvalue weighted by Crippen LogP contribution is -2.38. The zero-order chi connectivity index (χ0) is 23.9. The quantitative estimate of drug-likeness (QED) is 0.368. The Morgan fingerprint density at radius 3 is 2.58 bits per heavy atom. The zero-order valence-electron chi connectivity index (χ0n) is 20.1. The number of fused-ring (bicyclic) bond motifs is 1. The summed E-state index contributed by atoms with van der Waals surface area (Å²) in [5.41, 5.74) is 3.45. The molecule has 3 heterocycles. The number of hydrogen-bond donors (Lipinski definition) is 1. The summed E-state index contributed by atoms with van der Waals surface area (Å²) in [4.78, 5) is 14.9. The first-order chi connectivity index (χ1) is 17.3. The van der Waals surface area contributed by atoms with E-state index in [4.69, 9.17) is 19.3 Å². The number of nitrogens with one attached hydrogen (secondary N) is 1. The Morgan fingerprint density at radius 2 is 1.78 bits per heavy atom. The van der Waals surface area contributed by atoms with Crippen molar-refractivity contribution < 1.29 is 19.0 Å². The van der Waals surface area contributed by atoms with Crippen molar-refractivity contribution in [1.29, 1.82) is 0 Å². The van der Waals surface area contributed by atoms with Crippen LogP contribution < -0.4 is 14.8 Å². The summed E-state index contributed by atoms with van der Waals surface area (Å²) in [7, 11) is 0. The van der Waals surface area contributed by atoms with E-state index in [1.54, 1.807) is 6.08 Å². The summed E-state index contributed by atoms with van der Waals surface area (Å²) < 4.78 is 18.6. The van der Waals surface area contributed by atoms with Gasteiger partial charge in [-0.25, -0.2) is 4.68 Å². The summed E-state index contributed by atoms with van der Waals surface area (Å²) in [5.74, 6) is 1.32. The summed E-state index contributed by atoms with van der Waals surface area (Å²) in [6.45, 7) is 6.17. The molecule has 36 heavy (non-hydrogen) atoms. The van der Waals surface area contributed by atoms with Gasteiger partial charge in [0.25, 0.3) is 0 Å². The van der Waals surface area contributed by atoms with Crippen LogP contribution in [0.25, 0.3) is 23.0 Å². The lowest BCUT2D eigenvalue weighted by molar-refractivity contribution is -0.116. The first-order valence-electron chi connectivity index (χ1n) is 12.1. The van der Waals surface area contributed by atoms with Crippen molar-refractivity contribution in [3.05, 3.63) is 66.4 Å². The summed E-state index contributed by atoms with van der Waals surface area (Å²) in [5, 5.41) is 7.81. The fourth-order valence-electron chi connectivity index (χ4n) is 4.20. The van der Waals surface area contributed by atoms with Gasteiger partial charge in [-0.3, -0.25) is 9.69 Å². The minimum absolute atomic E-state index is 0. The van der Waals surface area contributed by atoms with Crippen LogP contribution in [0.3, 0.4) is 0 Å². The molecule has 9 heteroatoms.